The van der Waals surface area contributed by atoms with Gasteiger partial charge in [0.25, 0.3) is 0 Å². The summed E-state index contributed by atoms with van der Waals surface area (Å²) in [5.74, 6) is 4.14. The standard InChI is InChI=1S/C10H15N3O3/c1-10(2,9(16)12-11)4-13-7(14)5-3-6(5)8(13)15/h5-6H,3-4,11H2,1-2H3,(H,12,16). The molecule has 6 nitrogen and oxygen atoms in total. The Bertz CT molecular complexity index is 358. The van der Waals surface area contributed by atoms with Crippen LogP contribution in [0, 0.1) is 17.3 Å². The third-order valence-electron chi connectivity index (χ3n) is 3.26. The molecule has 1 aliphatic heterocycles. The minimum absolute atomic E-state index is 0.0979. The SMILES string of the molecule is CC(C)(CN1C(=O)C2CC2C1=O)C(=O)NN. The van der Waals surface area contributed by atoms with E-state index < -0.39 is 5.41 Å². The Morgan fingerprint density at radius 3 is 2.38 bits per heavy atom. The first-order chi connectivity index (χ1) is 7.38. The van der Waals surface area contributed by atoms with E-state index in [4.69, 9.17) is 5.84 Å². The molecule has 0 bridgehead atoms. The van der Waals surface area contributed by atoms with Crippen LogP contribution in [-0.4, -0.2) is 29.2 Å². The molecule has 2 fully saturated rings. The number of nitrogens with one attached hydrogen (secondary N) is 1. The van der Waals surface area contributed by atoms with Crippen molar-refractivity contribution in [3.05, 3.63) is 0 Å². The molecule has 3 amide bonds. The van der Waals surface area contributed by atoms with Gasteiger partial charge in [-0.3, -0.25) is 24.7 Å². The van der Waals surface area contributed by atoms with Crippen molar-refractivity contribution < 1.29 is 14.4 Å². The second-order valence-electron chi connectivity index (χ2n) is 5.07. The van der Waals surface area contributed by atoms with Crippen molar-refractivity contribution in [3.63, 3.8) is 0 Å². The smallest absolute Gasteiger partial charge is 0.241 e. The zero-order valence-corrected chi connectivity index (χ0v) is 9.32. The number of carbonyl (C=O) groups is 3. The maximum Gasteiger partial charge on any atom is 0.241 e. The minimum Gasteiger partial charge on any atom is -0.294 e. The van der Waals surface area contributed by atoms with Gasteiger partial charge < -0.3 is 0 Å². The van der Waals surface area contributed by atoms with Gasteiger partial charge in [-0.2, -0.15) is 0 Å². The molecule has 3 N–H and O–H groups in total. The molecule has 1 saturated carbocycles. The lowest BCUT2D eigenvalue weighted by Crippen LogP contribution is -2.49. The van der Waals surface area contributed by atoms with Gasteiger partial charge in [-0.05, 0) is 20.3 Å². The Kier molecular flexibility index (Phi) is 2.27. The summed E-state index contributed by atoms with van der Waals surface area (Å²) in [4.78, 5) is 36.0. The van der Waals surface area contributed by atoms with Crippen molar-refractivity contribution in [2.75, 3.05) is 6.54 Å². The molecule has 1 aliphatic carbocycles. The number of piperidine rings is 1. The van der Waals surface area contributed by atoms with Crippen LogP contribution in [0.15, 0.2) is 0 Å². The van der Waals surface area contributed by atoms with Crippen LogP contribution in [0.25, 0.3) is 0 Å². The molecular formula is C10H15N3O3. The van der Waals surface area contributed by atoms with E-state index in [1.807, 2.05) is 5.43 Å². The Balaban J connectivity index is 2.08. The molecule has 2 aliphatic rings. The first-order valence-corrected chi connectivity index (χ1v) is 5.25. The van der Waals surface area contributed by atoms with Gasteiger partial charge in [0.1, 0.15) is 0 Å². The zero-order valence-electron chi connectivity index (χ0n) is 9.32. The van der Waals surface area contributed by atoms with E-state index >= 15 is 0 Å². The fraction of sp³-hybridized carbons (Fsp3) is 0.700. The van der Waals surface area contributed by atoms with E-state index in [0.717, 1.165) is 0 Å². The van der Waals surface area contributed by atoms with Crippen molar-refractivity contribution in [3.8, 4) is 0 Å². The maximum atomic E-state index is 11.7. The molecule has 88 valence electrons. The highest BCUT2D eigenvalue weighted by atomic mass is 16.2. The van der Waals surface area contributed by atoms with Crippen molar-refractivity contribution in [2.45, 2.75) is 20.3 Å². The van der Waals surface area contributed by atoms with Gasteiger partial charge in [0, 0.05) is 6.54 Å². The van der Waals surface area contributed by atoms with Gasteiger partial charge in [0.2, 0.25) is 17.7 Å². The predicted octanol–water partition coefficient (Wildman–Crippen LogP) is -0.993. The summed E-state index contributed by atoms with van der Waals surface area (Å²) >= 11 is 0. The molecule has 16 heavy (non-hydrogen) atoms. The van der Waals surface area contributed by atoms with Crippen LogP contribution < -0.4 is 11.3 Å². The van der Waals surface area contributed by atoms with Gasteiger partial charge >= 0.3 is 0 Å². The van der Waals surface area contributed by atoms with Crippen LogP contribution >= 0.6 is 0 Å². The first-order valence-electron chi connectivity index (χ1n) is 5.25. The van der Waals surface area contributed by atoms with Gasteiger partial charge in [0.05, 0.1) is 17.3 Å². The average Bonchev–Trinajstić information content (AvgIpc) is 2.98. The first kappa shape index (κ1) is 11.1. The Morgan fingerprint density at radius 2 is 1.94 bits per heavy atom. The predicted molar refractivity (Wildman–Crippen MR) is 54.4 cm³/mol. The molecule has 1 saturated heterocycles. The second-order valence-corrected chi connectivity index (χ2v) is 5.07. The highest BCUT2D eigenvalue weighted by Gasteiger charge is 2.59. The summed E-state index contributed by atoms with van der Waals surface area (Å²) in [6.45, 7) is 3.40. The van der Waals surface area contributed by atoms with Crippen LogP contribution in [0.5, 0.6) is 0 Å². The molecule has 0 aromatic rings. The fourth-order valence-electron chi connectivity index (χ4n) is 2.07. The van der Waals surface area contributed by atoms with E-state index in [0.29, 0.717) is 6.42 Å². The molecule has 0 aromatic carbocycles. The summed E-state index contributed by atoms with van der Waals surface area (Å²) in [6, 6.07) is 0. The van der Waals surface area contributed by atoms with E-state index in [2.05, 4.69) is 0 Å². The normalized spacial score (nSPS) is 28.1. The third kappa shape index (κ3) is 1.49. The number of nitrogens with zero attached hydrogens (tertiary/aromatic N) is 1. The van der Waals surface area contributed by atoms with Crippen LogP contribution in [0.4, 0.5) is 0 Å². The van der Waals surface area contributed by atoms with Gasteiger partial charge in [-0.15, -0.1) is 0 Å². The average molecular weight is 225 g/mol. The van der Waals surface area contributed by atoms with Crippen LogP contribution in [0.3, 0.4) is 0 Å². The Hall–Kier alpha value is -1.43. The largest absolute Gasteiger partial charge is 0.294 e. The number of carbonyl (C=O) groups excluding carboxylic acids is 3. The molecule has 0 aromatic heterocycles. The molecule has 2 rings (SSSR count). The number of nitrogens with two attached hydrogens (primary N) is 1. The highest BCUT2D eigenvalue weighted by Crippen LogP contribution is 2.47. The summed E-state index contributed by atoms with van der Waals surface area (Å²) in [6.07, 6.45) is 0.678. The highest BCUT2D eigenvalue weighted by molar-refractivity contribution is 6.09. The molecule has 0 spiro atoms. The van der Waals surface area contributed by atoms with Crippen LogP contribution in [-0.2, 0) is 14.4 Å². The lowest BCUT2D eigenvalue weighted by atomic mass is 9.91. The van der Waals surface area contributed by atoms with E-state index in [1.165, 1.54) is 4.90 Å². The van der Waals surface area contributed by atoms with Gasteiger partial charge in [0.15, 0.2) is 0 Å². The van der Waals surface area contributed by atoms with Crippen LogP contribution in [0.1, 0.15) is 20.3 Å². The second kappa shape index (κ2) is 3.28. The van der Waals surface area contributed by atoms with Crippen molar-refractivity contribution >= 4 is 17.7 Å². The number of amides is 3. The summed E-state index contributed by atoms with van der Waals surface area (Å²) < 4.78 is 0. The lowest BCUT2D eigenvalue weighted by molar-refractivity contribution is -0.144. The van der Waals surface area contributed by atoms with E-state index in [-0.39, 0.29) is 36.1 Å². The number of likely N-dealkylation sites (tertiary alicyclic amines) is 1. The fourth-order valence-corrected chi connectivity index (χ4v) is 2.07. The quantitative estimate of drug-likeness (QED) is 0.279. The number of hydrogen-bond donors (Lipinski definition) is 2. The number of hydrogen-bond acceptors (Lipinski definition) is 4. The van der Waals surface area contributed by atoms with Crippen LogP contribution in [0.2, 0.25) is 0 Å². The molecule has 2 atom stereocenters. The lowest BCUT2D eigenvalue weighted by Gasteiger charge is -2.28. The Labute approximate surface area is 93.1 Å². The van der Waals surface area contributed by atoms with Crippen molar-refractivity contribution in [1.29, 1.82) is 0 Å². The summed E-state index contributed by atoms with van der Waals surface area (Å²) in [5.41, 5.74) is 1.19. The summed E-state index contributed by atoms with van der Waals surface area (Å²) in [7, 11) is 0. The topological polar surface area (TPSA) is 92.5 Å². The van der Waals surface area contributed by atoms with Gasteiger partial charge in [-0.1, -0.05) is 0 Å². The molecular weight excluding hydrogens is 210 g/mol. The zero-order chi connectivity index (χ0) is 12.1. The van der Waals surface area contributed by atoms with E-state index in [9.17, 15) is 14.4 Å². The Morgan fingerprint density at radius 1 is 1.44 bits per heavy atom. The molecule has 2 unspecified atom stereocenters. The number of fused-ring (bicyclic) bond motifs is 1. The minimum atomic E-state index is -0.850. The molecule has 1 heterocycles. The number of hydrazine groups is 1. The number of imide groups is 1. The number of rotatable bonds is 3. The van der Waals surface area contributed by atoms with Crippen molar-refractivity contribution in [2.24, 2.45) is 23.1 Å². The van der Waals surface area contributed by atoms with Gasteiger partial charge in [-0.25, -0.2) is 5.84 Å². The maximum absolute atomic E-state index is 11.7. The third-order valence-corrected chi connectivity index (χ3v) is 3.26. The van der Waals surface area contributed by atoms with E-state index in [1.54, 1.807) is 13.8 Å². The monoisotopic (exact) mass is 225 g/mol. The molecule has 6 heteroatoms. The van der Waals surface area contributed by atoms with Crippen molar-refractivity contribution in [1.82, 2.24) is 10.3 Å². The summed E-state index contributed by atoms with van der Waals surface area (Å²) in [5, 5.41) is 0. The molecule has 0 radical (unpaired) electrons.